The second-order valence-corrected chi connectivity index (χ2v) is 8.96. The van der Waals surface area contributed by atoms with Crippen LogP contribution in [0.25, 0.3) is 0 Å². The third-order valence-electron chi connectivity index (χ3n) is 4.20. The number of methoxy groups -OCH3 is 1. The van der Waals surface area contributed by atoms with Crippen LogP contribution in [0.15, 0.2) is 34.1 Å². The molecular formula is C19H26O5S2. The first-order chi connectivity index (χ1) is 12.5. The summed E-state index contributed by atoms with van der Waals surface area (Å²) < 4.78 is 22.5. The molecule has 5 nitrogen and oxygen atoms in total. The van der Waals surface area contributed by atoms with Crippen LogP contribution in [0.5, 0.6) is 5.75 Å². The van der Waals surface area contributed by atoms with Crippen LogP contribution in [0, 0.1) is 0 Å². The molecule has 0 radical (unpaired) electrons. The highest BCUT2D eigenvalue weighted by Gasteiger charge is 2.39. The van der Waals surface area contributed by atoms with Gasteiger partial charge in [-0.1, -0.05) is 12.1 Å². The Labute approximate surface area is 163 Å². The van der Waals surface area contributed by atoms with E-state index >= 15 is 0 Å². The van der Waals surface area contributed by atoms with Crippen molar-refractivity contribution in [1.82, 2.24) is 0 Å². The zero-order valence-corrected chi connectivity index (χ0v) is 17.0. The second-order valence-electron chi connectivity index (χ2n) is 6.64. The molecule has 0 bridgehead atoms. The average molecular weight is 399 g/mol. The van der Waals surface area contributed by atoms with Gasteiger partial charge < -0.3 is 24.1 Å². The van der Waals surface area contributed by atoms with Gasteiger partial charge in [0.05, 0.1) is 26.9 Å². The number of hydrogen-bond acceptors (Lipinski definition) is 7. The maximum absolute atomic E-state index is 10.8. The van der Waals surface area contributed by atoms with Gasteiger partial charge in [-0.15, -0.1) is 23.5 Å². The first kappa shape index (κ1) is 20.0. The number of aliphatic hydroxyl groups is 1. The zero-order valence-electron chi connectivity index (χ0n) is 15.4. The standard InChI is InChI=1S/C19H26O5S2/c1-19(2)23-11-15(24-19)17(20)18-16(25-8-9-26-18)12-22-10-13-4-6-14(21-3)7-5-13/h4-7,15,17,20H,8-12H2,1-3H3/t15-,17+/m1/s1. The van der Waals surface area contributed by atoms with Crippen LogP contribution in [-0.4, -0.2) is 54.9 Å². The van der Waals surface area contributed by atoms with E-state index in [0.717, 1.165) is 32.6 Å². The van der Waals surface area contributed by atoms with Gasteiger partial charge in [-0.2, -0.15) is 0 Å². The molecule has 1 aromatic carbocycles. The van der Waals surface area contributed by atoms with E-state index in [2.05, 4.69) is 0 Å². The molecule has 2 atom stereocenters. The van der Waals surface area contributed by atoms with Gasteiger partial charge in [-0.25, -0.2) is 0 Å². The number of hydrogen-bond donors (Lipinski definition) is 1. The Balaban J connectivity index is 1.59. The zero-order chi connectivity index (χ0) is 18.6. The molecule has 0 spiro atoms. The Morgan fingerprint density at radius 3 is 2.58 bits per heavy atom. The second kappa shape index (κ2) is 8.99. The number of benzene rings is 1. The van der Waals surface area contributed by atoms with Crippen LogP contribution in [0.2, 0.25) is 0 Å². The monoisotopic (exact) mass is 398 g/mol. The third-order valence-corrected chi connectivity index (χ3v) is 6.89. The van der Waals surface area contributed by atoms with Crippen LogP contribution in [0.1, 0.15) is 19.4 Å². The molecule has 1 aromatic rings. The molecule has 0 aliphatic carbocycles. The Bertz CT molecular complexity index is 629. The predicted molar refractivity (Wildman–Crippen MR) is 106 cm³/mol. The van der Waals surface area contributed by atoms with Crippen LogP contribution in [-0.2, 0) is 20.8 Å². The summed E-state index contributed by atoms with van der Waals surface area (Å²) in [5, 5.41) is 10.8. The van der Waals surface area contributed by atoms with Crippen molar-refractivity contribution in [3.05, 3.63) is 39.6 Å². The summed E-state index contributed by atoms with van der Waals surface area (Å²) in [6, 6.07) is 7.85. The predicted octanol–water partition coefficient (Wildman–Crippen LogP) is 3.42. The lowest BCUT2D eigenvalue weighted by Gasteiger charge is -2.27. The Morgan fingerprint density at radius 2 is 1.92 bits per heavy atom. The normalized spacial score (nSPS) is 23.9. The van der Waals surface area contributed by atoms with Crippen LogP contribution < -0.4 is 4.74 Å². The van der Waals surface area contributed by atoms with Gasteiger partial charge in [0.1, 0.15) is 18.0 Å². The van der Waals surface area contributed by atoms with Crippen molar-refractivity contribution < 1.29 is 24.1 Å². The number of ether oxygens (including phenoxy) is 4. The summed E-state index contributed by atoms with van der Waals surface area (Å²) in [5.41, 5.74) is 1.09. The molecule has 0 saturated carbocycles. The van der Waals surface area contributed by atoms with E-state index in [4.69, 9.17) is 18.9 Å². The average Bonchev–Trinajstić information content (AvgIpc) is 3.02. The molecule has 144 valence electrons. The van der Waals surface area contributed by atoms with E-state index in [-0.39, 0.29) is 6.10 Å². The van der Waals surface area contributed by atoms with Gasteiger partial charge in [0.25, 0.3) is 0 Å². The number of thioether (sulfide) groups is 2. The smallest absolute Gasteiger partial charge is 0.163 e. The maximum atomic E-state index is 10.8. The van der Waals surface area contributed by atoms with Gasteiger partial charge in [0.2, 0.25) is 0 Å². The van der Waals surface area contributed by atoms with Crippen molar-refractivity contribution in [2.45, 2.75) is 38.4 Å². The van der Waals surface area contributed by atoms with Crippen molar-refractivity contribution >= 4 is 23.5 Å². The van der Waals surface area contributed by atoms with Crippen molar-refractivity contribution in [3.8, 4) is 5.75 Å². The maximum Gasteiger partial charge on any atom is 0.163 e. The van der Waals surface area contributed by atoms with Crippen molar-refractivity contribution in [3.63, 3.8) is 0 Å². The summed E-state index contributed by atoms with van der Waals surface area (Å²) in [6.45, 7) is 5.17. The minimum Gasteiger partial charge on any atom is -0.497 e. The van der Waals surface area contributed by atoms with Crippen molar-refractivity contribution in [1.29, 1.82) is 0 Å². The minimum absolute atomic E-state index is 0.331. The van der Waals surface area contributed by atoms with E-state index in [9.17, 15) is 5.11 Å². The van der Waals surface area contributed by atoms with Crippen LogP contribution in [0.3, 0.4) is 0 Å². The fraction of sp³-hybridized carbons (Fsp3) is 0.579. The fourth-order valence-electron chi connectivity index (χ4n) is 2.85. The molecular weight excluding hydrogens is 372 g/mol. The minimum atomic E-state index is -0.672. The number of aliphatic hydroxyl groups excluding tert-OH is 1. The van der Waals surface area contributed by atoms with E-state index in [1.54, 1.807) is 30.6 Å². The molecule has 2 aliphatic rings. The van der Waals surface area contributed by atoms with E-state index < -0.39 is 11.9 Å². The summed E-state index contributed by atoms with van der Waals surface area (Å²) in [5.74, 6) is 2.21. The fourth-order valence-corrected chi connectivity index (χ4v) is 5.31. The lowest BCUT2D eigenvalue weighted by Crippen LogP contribution is -2.33. The summed E-state index contributed by atoms with van der Waals surface area (Å²) in [7, 11) is 1.66. The van der Waals surface area contributed by atoms with Gasteiger partial charge in [-0.3, -0.25) is 0 Å². The molecule has 0 amide bonds. The van der Waals surface area contributed by atoms with Crippen molar-refractivity contribution in [2.75, 3.05) is 31.8 Å². The highest BCUT2D eigenvalue weighted by molar-refractivity contribution is 8.10. The quantitative estimate of drug-likeness (QED) is 0.755. The van der Waals surface area contributed by atoms with E-state index in [1.807, 2.05) is 38.1 Å². The van der Waals surface area contributed by atoms with Gasteiger partial charge in [0.15, 0.2) is 5.79 Å². The lowest BCUT2D eigenvalue weighted by atomic mass is 10.2. The molecule has 2 aliphatic heterocycles. The summed E-state index contributed by atoms with van der Waals surface area (Å²) in [4.78, 5) is 2.05. The van der Waals surface area contributed by atoms with Crippen molar-refractivity contribution in [2.24, 2.45) is 0 Å². The highest BCUT2D eigenvalue weighted by atomic mass is 32.2. The van der Waals surface area contributed by atoms with Gasteiger partial charge in [-0.05, 0) is 31.5 Å². The first-order valence-corrected chi connectivity index (χ1v) is 10.6. The Morgan fingerprint density at radius 1 is 1.19 bits per heavy atom. The molecule has 26 heavy (non-hydrogen) atoms. The third kappa shape index (κ3) is 5.18. The molecule has 1 fully saturated rings. The molecule has 7 heteroatoms. The largest absolute Gasteiger partial charge is 0.497 e. The summed E-state index contributed by atoms with van der Waals surface area (Å²) >= 11 is 3.45. The summed E-state index contributed by atoms with van der Waals surface area (Å²) in [6.07, 6.45) is -1.00. The van der Waals surface area contributed by atoms with Crippen LogP contribution >= 0.6 is 23.5 Å². The topological polar surface area (TPSA) is 57.2 Å². The number of rotatable bonds is 7. The first-order valence-electron chi connectivity index (χ1n) is 8.67. The molecule has 2 heterocycles. The van der Waals surface area contributed by atoms with E-state index in [1.165, 1.54) is 0 Å². The van der Waals surface area contributed by atoms with Gasteiger partial charge >= 0.3 is 0 Å². The SMILES string of the molecule is COc1ccc(COCC2=C([C@@H](O)[C@H]3COC(C)(C)O3)SCCS2)cc1. The Kier molecular flexibility index (Phi) is 6.93. The molecule has 1 saturated heterocycles. The Hall–Kier alpha value is -0.700. The molecule has 0 unspecified atom stereocenters. The van der Waals surface area contributed by atoms with E-state index in [0.29, 0.717) is 19.8 Å². The highest BCUT2D eigenvalue weighted by Crippen LogP contribution is 2.39. The van der Waals surface area contributed by atoms with Crippen LogP contribution in [0.4, 0.5) is 0 Å². The molecule has 0 aromatic heterocycles. The van der Waals surface area contributed by atoms with Gasteiger partial charge in [0, 0.05) is 21.3 Å². The molecule has 1 N–H and O–H groups in total. The molecule has 3 rings (SSSR count). The lowest BCUT2D eigenvalue weighted by molar-refractivity contribution is -0.147.